The highest BCUT2D eigenvalue weighted by atomic mass is 15.0. The van der Waals surface area contributed by atoms with Crippen molar-refractivity contribution in [1.82, 2.24) is 24.1 Å². The second-order valence-corrected chi connectivity index (χ2v) is 14.1. The summed E-state index contributed by atoms with van der Waals surface area (Å²) in [6, 6.07) is 70.3. The molecule has 11 aromatic rings. The molecule has 0 saturated heterocycles. The molecule has 0 aliphatic heterocycles. The van der Waals surface area contributed by atoms with Gasteiger partial charge in [-0.25, -0.2) is 15.0 Å². The molecule has 0 N–H and O–H groups in total. The van der Waals surface area contributed by atoms with E-state index in [-0.39, 0.29) is 0 Å². The second-order valence-electron chi connectivity index (χ2n) is 14.1. The van der Waals surface area contributed by atoms with E-state index in [1.807, 2.05) is 36.4 Å². The van der Waals surface area contributed by atoms with Crippen LogP contribution in [0.1, 0.15) is 0 Å². The van der Waals surface area contributed by atoms with Gasteiger partial charge in [-0.3, -0.25) is 0 Å². The summed E-state index contributed by atoms with van der Waals surface area (Å²) in [6.45, 7) is 0. The number of hydrogen-bond acceptors (Lipinski definition) is 3. The van der Waals surface area contributed by atoms with E-state index in [9.17, 15) is 0 Å². The summed E-state index contributed by atoms with van der Waals surface area (Å²) < 4.78 is 4.79. The van der Waals surface area contributed by atoms with Crippen LogP contribution >= 0.6 is 0 Å². The third-order valence-corrected chi connectivity index (χ3v) is 10.8. The summed E-state index contributed by atoms with van der Waals surface area (Å²) in [6.07, 6.45) is 0. The number of para-hydroxylation sites is 3. The van der Waals surface area contributed by atoms with Gasteiger partial charge in [-0.15, -0.1) is 0 Å². The number of rotatable bonds is 6. The van der Waals surface area contributed by atoms with E-state index in [0.29, 0.717) is 17.5 Å². The van der Waals surface area contributed by atoms with Crippen LogP contribution in [-0.2, 0) is 0 Å². The number of benzene rings is 8. The minimum absolute atomic E-state index is 0.621. The summed E-state index contributed by atoms with van der Waals surface area (Å²) in [5.41, 5.74) is 11.9. The Labute approximate surface area is 323 Å². The van der Waals surface area contributed by atoms with Crippen LogP contribution < -0.4 is 0 Å². The minimum atomic E-state index is 0.621. The molecule has 3 aromatic heterocycles. The zero-order valence-corrected chi connectivity index (χ0v) is 30.3. The molecule has 0 aliphatic carbocycles. The quantitative estimate of drug-likeness (QED) is 0.172. The fourth-order valence-electron chi connectivity index (χ4n) is 8.20. The van der Waals surface area contributed by atoms with Gasteiger partial charge in [-0.05, 0) is 53.6 Å². The molecular formula is C51H33N5. The van der Waals surface area contributed by atoms with Crippen LogP contribution in [0.25, 0.3) is 100 Å². The van der Waals surface area contributed by atoms with Crippen LogP contribution in [0.5, 0.6) is 0 Å². The van der Waals surface area contributed by atoms with Crippen molar-refractivity contribution in [2.75, 3.05) is 0 Å². The van der Waals surface area contributed by atoms with Crippen molar-refractivity contribution in [3.05, 3.63) is 200 Å². The molecule has 11 rings (SSSR count). The molecule has 3 heterocycles. The number of fused-ring (bicyclic) bond motifs is 6. The van der Waals surface area contributed by atoms with Gasteiger partial charge >= 0.3 is 0 Å². The molecule has 5 heteroatoms. The smallest absolute Gasteiger partial charge is 0.164 e. The lowest BCUT2D eigenvalue weighted by Gasteiger charge is -2.11. The first-order chi connectivity index (χ1) is 27.8. The lowest BCUT2D eigenvalue weighted by molar-refractivity contribution is 1.07. The highest BCUT2D eigenvalue weighted by molar-refractivity contribution is 6.17. The SMILES string of the molecule is c1ccc(-c2ccc(-c3nc(-c4ccccc4)nc(-c4ccc5c6c(-n7c8ccccc8c8ccccc87)cccc6n(-c6ccccc6)c5c4)n3)cc2)cc1. The summed E-state index contributed by atoms with van der Waals surface area (Å²) >= 11 is 0. The third-order valence-electron chi connectivity index (χ3n) is 10.8. The maximum absolute atomic E-state index is 5.16. The van der Waals surface area contributed by atoms with Crippen molar-refractivity contribution in [1.29, 1.82) is 0 Å². The predicted molar refractivity (Wildman–Crippen MR) is 230 cm³/mol. The normalized spacial score (nSPS) is 11.6. The van der Waals surface area contributed by atoms with Crippen molar-refractivity contribution < 1.29 is 0 Å². The second kappa shape index (κ2) is 13.0. The molecule has 5 nitrogen and oxygen atoms in total. The van der Waals surface area contributed by atoms with Gasteiger partial charge in [0.2, 0.25) is 0 Å². The highest BCUT2D eigenvalue weighted by Crippen LogP contribution is 2.41. The van der Waals surface area contributed by atoms with E-state index in [1.165, 1.54) is 32.8 Å². The first-order valence-corrected chi connectivity index (χ1v) is 18.9. The van der Waals surface area contributed by atoms with E-state index >= 15 is 0 Å². The molecule has 262 valence electrons. The maximum Gasteiger partial charge on any atom is 0.164 e. The van der Waals surface area contributed by atoms with Gasteiger partial charge in [-0.2, -0.15) is 0 Å². The number of aromatic nitrogens is 5. The Morgan fingerprint density at radius 1 is 0.286 bits per heavy atom. The largest absolute Gasteiger partial charge is 0.309 e. The summed E-state index contributed by atoms with van der Waals surface area (Å²) in [5.74, 6) is 1.89. The van der Waals surface area contributed by atoms with Crippen LogP contribution in [0.4, 0.5) is 0 Å². The molecule has 0 saturated carbocycles. The molecular weight excluding hydrogens is 683 g/mol. The summed E-state index contributed by atoms with van der Waals surface area (Å²) in [5, 5.41) is 4.82. The van der Waals surface area contributed by atoms with Gasteiger partial charge in [0.1, 0.15) is 0 Å². The molecule has 0 unspecified atom stereocenters. The fraction of sp³-hybridized carbons (Fsp3) is 0. The number of nitrogens with zero attached hydrogens (tertiary/aromatic N) is 5. The number of hydrogen-bond donors (Lipinski definition) is 0. The molecule has 0 spiro atoms. The van der Waals surface area contributed by atoms with Gasteiger partial charge < -0.3 is 9.13 Å². The first kappa shape index (κ1) is 31.9. The van der Waals surface area contributed by atoms with Crippen molar-refractivity contribution in [2.45, 2.75) is 0 Å². The Morgan fingerprint density at radius 3 is 1.39 bits per heavy atom. The van der Waals surface area contributed by atoms with Crippen LogP contribution in [0.3, 0.4) is 0 Å². The Bertz CT molecular complexity index is 3170. The van der Waals surface area contributed by atoms with E-state index in [2.05, 4.69) is 173 Å². The van der Waals surface area contributed by atoms with Gasteiger partial charge in [0.25, 0.3) is 0 Å². The van der Waals surface area contributed by atoms with Crippen LogP contribution in [0.15, 0.2) is 200 Å². The maximum atomic E-state index is 5.16. The van der Waals surface area contributed by atoms with E-state index in [4.69, 9.17) is 15.0 Å². The molecule has 56 heavy (non-hydrogen) atoms. The Kier molecular flexibility index (Phi) is 7.42. The van der Waals surface area contributed by atoms with Crippen molar-refractivity contribution in [2.24, 2.45) is 0 Å². The van der Waals surface area contributed by atoms with E-state index < -0.39 is 0 Å². The van der Waals surface area contributed by atoms with E-state index in [1.54, 1.807) is 0 Å². The average Bonchev–Trinajstić information content (AvgIpc) is 3.80. The molecule has 0 aliphatic rings. The van der Waals surface area contributed by atoms with Gasteiger partial charge in [0.05, 0.1) is 27.8 Å². The summed E-state index contributed by atoms with van der Waals surface area (Å²) in [4.78, 5) is 15.3. The zero-order valence-electron chi connectivity index (χ0n) is 30.3. The van der Waals surface area contributed by atoms with Gasteiger partial charge in [-0.1, -0.05) is 158 Å². The minimum Gasteiger partial charge on any atom is -0.309 e. The van der Waals surface area contributed by atoms with Gasteiger partial charge in [0.15, 0.2) is 17.5 Å². The molecule has 0 amide bonds. The molecule has 0 radical (unpaired) electrons. The topological polar surface area (TPSA) is 48.5 Å². The van der Waals surface area contributed by atoms with Crippen molar-refractivity contribution in [3.63, 3.8) is 0 Å². The standard InChI is InChI=1S/C51H33N5/c1-4-15-34(16-5-1)35-27-29-37(30-28-35)50-52-49(36-17-6-2-7-18-36)53-51(54-50)38-31-32-42-47(33-38)55(39-19-8-3-9-20-39)45-25-14-26-46(48(42)45)56-43-23-12-10-21-40(43)41-22-11-13-24-44(41)56/h1-33H. The molecule has 0 bridgehead atoms. The van der Waals surface area contributed by atoms with Crippen LogP contribution in [-0.4, -0.2) is 24.1 Å². The zero-order chi connectivity index (χ0) is 37.0. The van der Waals surface area contributed by atoms with Crippen molar-refractivity contribution in [3.8, 4) is 56.7 Å². The van der Waals surface area contributed by atoms with Crippen LogP contribution in [0, 0.1) is 0 Å². The van der Waals surface area contributed by atoms with E-state index in [0.717, 1.165) is 50.0 Å². The third kappa shape index (κ3) is 5.21. The Morgan fingerprint density at radius 2 is 0.750 bits per heavy atom. The summed E-state index contributed by atoms with van der Waals surface area (Å²) in [7, 11) is 0. The Balaban J connectivity index is 1.14. The first-order valence-electron chi connectivity index (χ1n) is 18.9. The van der Waals surface area contributed by atoms with Crippen molar-refractivity contribution >= 4 is 43.6 Å². The highest BCUT2D eigenvalue weighted by Gasteiger charge is 2.21. The Hall–Kier alpha value is -7.63. The lowest BCUT2D eigenvalue weighted by Crippen LogP contribution is -2.00. The monoisotopic (exact) mass is 715 g/mol. The molecule has 0 atom stereocenters. The fourth-order valence-corrected chi connectivity index (χ4v) is 8.20. The molecule has 8 aromatic carbocycles. The lowest BCUT2D eigenvalue weighted by atomic mass is 10.0. The predicted octanol–water partition coefficient (Wildman–Crippen LogP) is 12.7. The van der Waals surface area contributed by atoms with Gasteiger partial charge in [0, 0.05) is 43.9 Å². The van der Waals surface area contributed by atoms with Crippen LogP contribution in [0.2, 0.25) is 0 Å². The average molecular weight is 716 g/mol. The molecule has 0 fully saturated rings.